The SMILES string of the molecule is OC(I)C1CCC1. The van der Waals surface area contributed by atoms with Gasteiger partial charge in [-0.1, -0.05) is 29.0 Å². The quantitative estimate of drug-likeness (QED) is 0.516. The molecule has 0 amide bonds. The molecule has 42 valence electrons. The molecule has 0 bridgehead atoms. The average Bonchev–Trinajstić information content (AvgIpc) is 1.23. The Kier molecular flexibility index (Phi) is 1.92. The van der Waals surface area contributed by atoms with E-state index in [1.807, 2.05) is 0 Å². The van der Waals surface area contributed by atoms with Crippen LogP contribution < -0.4 is 0 Å². The minimum Gasteiger partial charge on any atom is -0.382 e. The van der Waals surface area contributed by atoms with E-state index in [4.69, 9.17) is 5.11 Å². The second-order valence-electron chi connectivity index (χ2n) is 2.06. The Morgan fingerprint density at radius 1 is 1.57 bits per heavy atom. The van der Waals surface area contributed by atoms with Gasteiger partial charge in [0.25, 0.3) is 0 Å². The zero-order chi connectivity index (χ0) is 5.28. The molecule has 0 aromatic heterocycles. The number of alkyl halides is 1. The molecule has 0 radical (unpaired) electrons. The molecule has 1 aliphatic carbocycles. The maximum Gasteiger partial charge on any atom is 0.108 e. The Morgan fingerprint density at radius 2 is 2.14 bits per heavy atom. The predicted octanol–water partition coefficient (Wildman–Crippen LogP) is 1.54. The Morgan fingerprint density at radius 3 is 2.14 bits per heavy atom. The Hall–Kier alpha value is 0.690. The number of hydrogen-bond acceptors (Lipinski definition) is 1. The first kappa shape index (κ1) is 5.82. The number of halogens is 1. The summed E-state index contributed by atoms with van der Waals surface area (Å²) < 4.78 is -0.0775. The molecule has 1 rings (SSSR count). The van der Waals surface area contributed by atoms with Gasteiger partial charge >= 0.3 is 0 Å². The standard InChI is InChI=1S/C5H9IO/c6-5(7)4-2-1-3-4/h4-5,7H,1-3H2. The highest BCUT2D eigenvalue weighted by molar-refractivity contribution is 14.1. The normalized spacial score (nSPS) is 26.6. The van der Waals surface area contributed by atoms with Crippen molar-refractivity contribution >= 4 is 22.6 Å². The molecule has 0 aromatic rings. The molecule has 0 saturated heterocycles. The zero-order valence-corrected chi connectivity index (χ0v) is 6.26. The lowest BCUT2D eigenvalue weighted by atomic mass is 9.86. The number of rotatable bonds is 1. The third-order valence-corrected chi connectivity index (χ3v) is 2.56. The van der Waals surface area contributed by atoms with Crippen LogP contribution in [0.15, 0.2) is 0 Å². The number of aliphatic hydroxyl groups excluding tert-OH is 1. The Labute approximate surface area is 57.2 Å². The molecule has 1 N–H and O–H groups in total. The summed E-state index contributed by atoms with van der Waals surface area (Å²) in [6.45, 7) is 0. The molecule has 1 nitrogen and oxygen atoms in total. The first-order chi connectivity index (χ1) is 3.30. The van der Waals surface area contributed by atoms with E-state index in [-0.39, 0.29) is 4.11 Å². The molecule has 1 unspecified atom stereocenters. The van der Waals surface area contributed by atoms with E-state index >= 15 is 0 Å². The molecule has 1 aliphatic rings. The van der Waals surface area contributed by atoms with E-state index in [0.717, 1.165) is 0 Å². The number of hydrogen-bond donors (Lipinski definition) is 1. The Bertz CT molecular complexity index is 59.1. The topological polar surface area (TPSA) is 20.2 Å². The highest BCUT2D eigenvalue weighted by Crippen LogP contribution is 2.31. The maximum absolute atomic E-state index is 8.86. The van der Waals surface area contributed by atoms with Crippen molar-refractivity contribution in [3.63, 3.8) is 0 Å². The lowest BCUT2D eigenvalue weighted by Crippen LogP contribution is -2.20. The molecule has 0 aromatic carbocycles. The van der Waals surface area contributed by atoms with Crippen molar-refractivity contribution in [1.29, 1.82) is 0 Å². The van der Waals surface area contributed by atoms with E-state index in [2.05, 4.69) is 22.6 Å². The summed E-state index contributed by atoms with van der Waals surface area (Å²) in [7, 11) is 0. The fourth-order valence-electron chi connectivity index (χ4n) is 0.715. The lowest BCUT2D eigenvalue weighted by molar-refractivity contribution is 0.146. The van der Waals surface area contributed by atoms with Crippen LogP contribution in [0, 0.1) is 5.92 Å². The molecule has 1 saturated carbocycles. The number of aliphatic hydroxyl groups is 1. The van der Waals surface area contributed by atoms with Gasteiger partial charge in [0.05, 0.1) is 0 Å². The molecule has 7 heavy (non-hydrogen) atoms. The third-order valence-electron chi connectivity index (χ3n) is 1.54. The molecular weight excluding hydrogens is 203 g/mol. The van der Waals surface area contributed by atoms with Gasteiger partial charge in [-0.05, 0) is 18.8 Å². The van der Waals surface area contributed by atoms with Crippen molar-refractivity contribution in [3.05, 3.63) is 0 Å². The lowest BCUT2D eigenvalue weighted by Gasteiger charge is -2.26. The van der Waals surface area contributed by atoms with Gasteiger partial charge in [-0.3, -0.25) is 0 Å². The zero-order valence-electron chi connectivity index (χ0n) is 4.10. The van der Waals surface area contributed by atoms with Gasteiger partial charge in [-0.25, -0.2) is 0 Å². The Balaban J connectivity index is 2.14. The second kappa shape index (κ2) is 2.31. The third kappa shape index (κ3) is 1.29. The predicted molar refractivity (Wildman–Crippen MR) is 37.4 cm³/mol. The van der Waals surface area contributed by atoms with Crippen LogP contribution in [0.4, 0.5) is 0 Å². The largest absolute Gasteiger partial charge is 0.382 e. The van der Waals surface area contributed by atoms with Crippen LogP contribution in [0.25, 0.3) is 0 Å². The van der Waals surface area contributed by atoms with E-state index in [9.17, 15) is 0 Å². The average molecular weight is 212 g/mol. The van der Waals surface area contributed by atoms with Gasteiger partial charge in [0.2, 0.25) is 0 Å². The van der Waals surface area contributed by atoms with Crippen molar-refractivity contribution in [2.75, 3.05) is 0 Å². The van der Waals surface area contributed by atoms with Crippen LogP contribution in [0.1, 0.15) is 19.3 Å². The van der Waals surface area contributed by atoms with Crippen LogP contribution in [0.3, 0.4) is 0 Å². The molecule has 1 atom stereocenters. The van der Waals surface area contributed by atoms with Gasteiger partial charge in [-0.15, -0.1) is 0 Å². The summed E-state index contributed by atoms with van der Waals surface area (Å²) in [6.07, 6.45) is 3.80. The van der Waals surface area contributed by atoms with Crippen molar-refractivity contribution in [3.8, 4) is 0 Å². The minimum absolute atomic E-state index is 0.0775. The smallest absolute Gasteiger partial charge is 0.108 e. The molecule has 1 fully saturated rings. The summed E-state index contributed by atoms with van der Waals surface area (Å²) in [5.74, 6) is 0.626. The van der Waals surface area contributed by atoms with Crippen molar-refractivity contribution in [2.24, 2.45) is 5.92 Å². The van der Waals surface area contributed by atoms with Crippen LogP contribution >= 0.6 is 22.6 Å². The first-order valence-electron chi connectivity index (χ1n) is 2.63. The molecular formula is C5H9IO. The summed E-state index contributed by atoms with van der Waals surface area (Å²) in [4.78, 5) is 0. The second-order valence-corrected chi connectivity index (χ2v) is 3.34. The highest BCUT2D eigenvalue weighted by atomic mass is 127. The van der Waals surface area contributed by atoms with Gasteiger partial charge in [0.15, 0.2) is 0 Å². The van der Waals surface area contributed by atoms with Gasteiger partial charge < -0.3 is 5.11 Å². The summed E-state index contributed by atoms with van der Waals surface area (Å²) in [5.41, 5.74) is 0. The highest BCUT2D eigenvalue weighted by Gasteiger charge is 2.22. The van der Waals surface area contributed by atoms with E-state index in [0.29, 0.717) is 5.92 Å². The summed E-state index contributed by atoms with van der Waals surface area (Å²) in [6, 6.07) is 0. The van der Waals surface area contributed by atoms with Crippen molar-refractivity contribution < 1.29 is 5.11 Å². The van der Waals surface area contributed by atoms with Crippen LogP contribution in [-0.2, 0) is 0 Å². The van der Waals surface area contributed by atoms with E-state index in [1.165, 1.54) is 19.3 Å². The van der Waals surface area contributed by atoms with Gasteiger partial charge in [-0.2, -0.15) is 0 Å². The van der Waals surface area contributed by atoms with Crippen molar-refractivity contribution in [2.45, 2.75) is 23.4 Å². The summed E-state index contributed by atoms with van der Waals surface area (Å²) in [5, 5.41) is 8.86. The maximum atomic E-state index is 8.86. The van der Waals surface area contributed by atoms with Gasteiger partial charge in [0.1, 0.15) is 4.11 Å². The van der Waals surface area contributed by atoms with Crippen LogP contribution in [-0.4, -0.2) is 9.22 Å². The monoisotopic (exact) mass is 212 g/mol. The van der Waals surface area contributed by atoms with Crippen LogP contribution in [0.5, 0.6) is 0 Å². The van der Waals surface area contributed by atoms with E-state index < -0.39 is 0 Å². The van der Waals surface area contributed by atoms with E-state index in [1.54, 1.807) is 0 Å². The first-order valence-corrected chi connectivity index (χ1v) is 3.87. The van der Waals surface area contributed by atoms with Crippen LogP contribution in [0.2, 0.25) is 0 Å². The summed E-state index contributed by atoms with van der Waals surface area (Å²) >= 11 is 2.08. The molecule has 0 spiro atoms. The fraction of sp³-hybridized carbons (Fsp3) is 1.00. The molecule has 0 aliphatic heterocycles. The molecule has 2 heteroatoms. The fourth-order valence-corrected chi connectivity index (χ4v) is 1.43. The minimum atomic E-state index is -0.0775. The van der Waals surface area contributed by atoms with Gasteiger partial charge in [0, 0.05) is 0 Å². The van der Waals surface area contributed by atoms with Crippen molar-refractivity contribution in [1.82, 2.24) is 0 Å². The molecule has 0 heterocycles.